The van der Waals surface area contributed by atoms with Crippen LogP contribution in [0.5, 0.6) is 28.9 Å². The molecule has 41 heavy (non-hydrogen) atoms. The minimum Gasteiger partial charge on any atom is -0.493 e. The molecule has 0 bridgehead atoms. The van der Waals surface area contributed by atoms with E-state index in [1.54, 1.807) is 55.6 Å². The Labute approximate surface area is 234 Å². The van der Waals surface area contributed by atoms with Crippen LogP contribution in [0.15, 0.2) is 83.9 Å². The minimum absolute atomic E-state index is 0.0419. The van der Waals surface area contributed by atoms with Crippen molar-refractivity contribution in [3.8, 4) is 34.6 Å². The molecule has 5 rings (SSSR count). The first-order chi connectivity index (χ1) is 19.9. The van der Waals surface area contributed by atoms with E-state index in [9.17, 15) is 14.0 Å². The molecule has 0 radical (unpaired) electrons. The Hall–Kier alpha value is -5.25. The summed E-state index contributed by atoms with van der Waals surface area (Å²) in [5, 5.41) is 0. The van der Waals surface area contributed by atoms with Gasteiger partial charge in [0.2, 0.25) is 0 Å². The van der Waals surface area contributed by atoms with Crippen LogP contribution in [0, 0.1) is 5.82 Å². The van der Waals surface area contributed by atoms with Gasteiger partial charge in [0.25, 0.3) is 11.4 Å². The molecule has 208 valence electrons. The van der Waals surface area contributed by atoms with Gasteiger partial charge in [0, 0.05) is 36.6 Å². The van der Waals surface area contributed by atoms with Crippen LogP contribution in [-0.2, 0) is 6.42 Å². The SMILES string of the molecule is CCOc1ccn(-c2ccc(F)cc2)c(=O)c1C(=O)Cc1ccc(Oc2ccnc3cc(OC)c(OC)nc23)cc1. The second-order valence-corrected chi connectivity index (χ2v) is 8.86. The summed E-state index contributed by atoms with van der Waals surface area (Å²) in [6, 6.07) is 17.4. The van der Waals surface area contributed by atoms with Gasteiger partial charge in [0.15, 0.2) is 17.3 Å². The van der Waals surface area contributed by atoms with Gasteiger partial charge in [-0.15, -0.1) is 0 Å². The van der Waals surface area contributed by atoms with Crippen LogP contribution >= 0.6 is 0 Å². The average molecular weight is 556 g/mol. The molecule has 0 fully saturated rings. The van der Waals surface area contributed by atoms with Crippen molar-refractivity contribution in [2.45, 2.75) is 13.3 Å². The number of benzene rings is 2. The van der Waals surface area contributed by atoms with Gasteiger partial charge in [-0.1, -0.05) is 12.1 Å². The predicted molar refractivity (Wildman–Crippen MR) is 150 cm³/mol. The summed E-state index contributed by atoms with van der Waals surface area (Å²) in [6.07, 6.45) is 3.07. The van der Waals surface area contributed by atoms with Crippen molar-refractivity contribution in [3.63, 3.8) is 0 Å². The topological polar surface area (TPSA) is 102 Å². The minimum atomic E-state index is -0.545. The highest BCUT2D eigenvalue weighted by molar-refractivity contribution is 5.99. The summed E-state index contributed by atoms with van der Waals surface area (Å²) in [5.41, 5.74) is 1.56. The van der Waals surface area contributed by atoms with Gasteiger partial charge < -0.3 is 18.9 Å². The number of halogens is 1. The molecule has 5 aromatic rings. The lowest BCUT2D eigenvalue weighted by molar-refractivity contribution is 0.0987. The fourth-order valence-corrected chi connectivity index (χ4v) is 4.32. The zero-order valence-electron chi connectivity index (χ0n) is 22.6. The molecule has 2 aromatic carbocycles. The van der Waals surface area contributed by atoms with Crippen LogP contribution in [0.3, 0.4) is 0 Å². The molecule has 0 saturated carbocycles. The van der Waals surface area contributed by atoms with E-state index in [1.165, 1.54) is 49.2 Å². The first-order valence-corrected chi connectivity index (χ1v) is 12.7. The van der Waals surface area contributed by atoms with Crippen molar-refractivity contribution in [2.75, 3.05) is 20.8 Å². The molecule has 9 nitrogen and oxygen atoms in total. The maximum Gasteiger partial charge on any atom is 0.269 e. The number of hydrogen-bond acceptors (Lipinski definition) is 8. The Morgan fingerprint density at radius 3 is 2.37 bits per heavy atom. The van der Waals surface area contributed by atoms with E-state index in [4.69, 9.17) is 18.9 Å². The summed E-state index contributed by atoms with van der Waals surface area (Å²) in [5.74, 6) is 1.10. The van der Waals surface area contributed by atoms with Gasteiger partial charge in [0.1, 0.15) is 28.4 Å². The van der Waals surface area contributed by atoms with Gasteiger partial charge in [-0.25, -0.2) is 9.37 Å². The zero-order chi connectivity index (χ0) is 28.9. The van der Waals surface area contributed by atoms with E-state index < -0.39 is 17.2 Å². The van der Waals surface area contributed by atoms with Crippen molar-refractivity contribution in [2.24, 2.45) is 0 Å². The number of ether oxygens (including phenoxy) is 4. The fraction of sp³-hybridized carbons (Fsp3) is 0.161. The molecule has 0 aliphatic heterocycles. The molecule has 0 atom stereocenters. The number of carbonyl (C=O) groups excluding carboxylic acids is 1. The van der Waals surface area contributed by atoms with Crippen LogP contribution in [0.2, 0.25) is 0 Å². The normalized spacial score (nSPS) is 10.8. The molecule has 0 aliphatic rings. The van der Waals surface area contributed by atoms with E-state index in [1.807, 2.05) is 0 Å². The first kappa shape index (κ1) is 27.3. The van der Waals surface area contributed by atoms with Crippen LogP contribution in [0.4, 0.5) is 4.39 Å². The third-order valence-corrected chi connectivity index (χ3v) is 6.27. The molecule has 0 saturated heterocycles. The number of fused-ring (bicyclic) bond motifs is 1. The summed E-state index contributed by atoms with van der Waals surface area (Å²) >= 11 is 0. The Kier molecular flexibility index (Phi) is 7.91. The summed E-state index contributed by atoms with van der Waals surface area (Å²) in [7, 11) is 3.02. The monoisotopic (exact) mass is 555 g/mol. The van der Waals surface area contributed by atoms with Gasteiger partial charge >= 0.3 is 0 Å². The number of aromatic nitrogens is 3. The molecule has 3 heterocycles. The molecule has 0 amide bonds. The maximum absolute atomic E-state index is 13.4. The Bertz CT molecular complexity index is 1770. The second-order valence-electron chi connectivity index (χ2n) is 8.86. The third-order valence-electron chi connectivity index (χ3n) is 6.27. The van der Waals surface area contributed by atoms with E-state index >= 15 is 0 Å². The Morgan fingerprint density at radius 2 is 1.68 bits per heavy atom. The Balaban J connectivity index is 1.39. The van der Waals surface area contributed by atoms with Crippen molar-refractivity contribution in [3.05, 3.63) is 106 Å². The van der Waals surface area contributed by atoms with Gasteiger partial charge in [-0.2, -0.15) is 0 Å². The maximum atomic E-state index is 13.4. The highest BCUT2D eigenvalue weighted by Crippen LogP contribution is 2.34. The lowest BCUT2D eigenvalue weighted by atomic mass is 10.0. The largest absolute Gasteiger partial charge is 0.493 e. The standard InChI is InChI=1S/C31H26FN3O6/c1-4-40-25-14-16-35(21-9-7-20(32)8-10-21)31(37)28(25)24(36)17-19-5-11-22(12-6-19)41-26-13-15-33-23-18-27(38-2)30(39-3)34-29(23)26/h5-16,18H,4,17H2,1-3H3. The van der Waals surface area contributed by atoms with E-state index in [-0.39, 0.29) is 24.3 Å². The highest BCUT2D eigenvalue weighted by Gasteiger charge is 2.20. The molecule has 0 aliphatic carbocycles. The molecule has 0 N–H and O–H groups in total. The van der Waals surface area contributed by atoms with E-state index in [2.05, 4.69) is 9.97 Å². The van der Waals surface area contributed by atoms with Crippen LogP contribution in [-0.4, -0.2) is 41.1 Å². The van der Waals surface area contributed by atoms with Crippen molar-refractivity contribution in [1.82, 2.24) is 14.5 Å². The molecule has 0 spiro atoms. The zero-order valence-corrected chi connectivity index (χ0v) is 22.6. The molecular formula is C31H26FN3O6. The summed E-state index contributed by atoms with van der Waals surface area (Å²) < 4.78 is 37.0. The van der Waals surface area contributed by atoms with Crippen molar-refractivity contribution < 1.29 is 28.1 Å². The van der Waals surface area contributed by atoms with Crippen LogP contribution in [0.1, 0.15) is 22.8 Å². The van der Waals surface area contributed by atoms with Crippen molar-refractivity contribution in [1.29, 1.82) is 0 Å². The Morgan fingerprint density at radius 1 is 0.927 bits per heavy atom. The lowest BCUT2D eigenvalue weighted by Gasteiger charge is -2.13. The number of nitrogens with zero attached hydrogens (tertiary/aromatic N) is 3. The summed E-state index contributed by atoms with van der Waals surface area (Å²) in [6.45, 7) is 2.05. The molecule has 3 aromatic heterocycles. The average Bonchev–Trinajstić information content (AvgIpc) is 2.98. The molecule has 10 heteroatoms. The quantitative estimate of drug-likeness (QED) is 0.207. The fourth-order valence-electron chi connectivity index (χ4n) is 4.32. The molecule has 0 unspecified atom stereocenters. The number of carbonyl (C=O) groups is 1. The second kappa shape index (κ2) is 11.9. The van der Waals surface area contributed by atoms with E-state index in [0.717, 1.165) is 0 Å². The summed E-state index contributed by atoms with van der Waals surface area (Å²) in [4.78, 5) is 35.5. The molecular weight excluding hydrogens is 529 g/mol. The smallest absolute Gasteiger partial charge is 0.269 e. The van der Waals surface area contributed by atoms with Gasteiger partial charge in [-0.05, 0) is 55.0 Å². The number of methoxy groups -OCH3 is 2. The highest BCUT2D eigenvalue weighted by atomic mass is 19.1. The van der Waals surface area contributed by atoms with E-state index in [0.29, 0.717) is 45.4 Å². The van der Waals surface area contributed by atoms with Gasteiger partial charge in [-0.3, -0.25) is 19.1 Å². The van der Waals surface area contributed by atoms with Crippen LogP contribution in [0.25, 0.3) is 16.7 Å². The number of hydrogen-bond donors (Lipinski definition) is 0. The van der Waals surface area contributed by atoms with Crippen LogP contribution < -0.4 is 24.5 Å². The number of pyridine rings is 3. The number of ketones is 1. The predicted octanol–water partition coefficient (Wildman–Crippen LogP) is 5.55. The first-order valence-electron chi connectivity index (χ1n) is 12.7. The number of rotatable bonds is 10. The lowest BCUT2D eigenvalue weighted by Crippen LogP contribution is -2.26. The van der Waals surface area contributed by atoms with Crippen molar-refractivity contribution >= 4 is 16.8 Å². The number of Topliss-reactive ketones (excluding diaryl/α,β-unsaturated/α-hetero) is 1. The van der Waals surface area contributed by atoms with Gasteiger partial charge in [0.05, 0.1) is 26.3 Å². The third kappa shape index (κ3) is 5.72.